The van der Waals surface area contributed by atoms with Crippen LogP contribution in [-0.2, 0) is 17.9 Å². The Bertz CT molecular complexity index is 452. The van der Waals surface area contributed by atoms with E-state index in [2.05, 4.69) is 22.8 Å². The van der Waals surface area contributed by atoms with Crippen LogP contribution in [0.2, 0.25) is 0 Å². The van der Waals surface area contributed by atoms with E-state index in [1.54, 1.807) is 0 Å². The predicted octanol–water partition coefficient (Wildman–Crippen LogP) is 1.85. The molecule has 0 spiro atoms. The molecule has 22 heavy (non-hydrogen) atoms. The fourth-order valence-electron chi connectivity index (χ4n) is 3.67. The second-order valence-electron chi connectivity index (χ2n) is 6.20. The van der Waals surface area contributed by atoms with Gasteiger partial charge >= 0.3 is 0 Å². The third kappa shape index (κ3) is 4.43. The molecule has 1 heterocycles. The van der Waals surface area contributed by atoms with Gasteiger partial charge in [0.25, 0.3) is 0 Å². The molecule has 1 aliphatic heterocycles. The van der Waals surface area contributed by atoms with Crippen molar-refractivity contribution in [1.29, 1.82) is 0 Å². The first kappa shape index (κ1) is 17.7. The number of rotatable bonds is 5. The lowest BCUT2D eigenvalue weighted by atomic mass is 9.94. The summed E-state index contributed by atoms with van der Waals surface area (Å²) in [4.78, 5) is 0. The zero-order chi connectivity index (χ0) is 14.5. The van der Waals surface area contributed by atoms with Crippen molar-refractivity contribution in [2.75, 3.05) is 19.8 Å². The van der Waals surface area contributed by atoms with Gasteiger partial charge < -0.3 is 20.5 Å². The van der Waals surface area contributed by atoms with Gasteiger partial charge in [-0.15, -0.1) is 12.4 Å². The summed E-state index contributed by atoms with van der Waals surface area (Å²) in [7, 11) is 0. The Hall–Kier alpha value is -0.650. The van der Waals surface area contributed by atoms with Gasteiger partial charge in [-0.2, -0.15) is 0 Å². The topological polar surface area (TPSA) is 53.5 Å². The Balaban J connectivity index is 0.00000176. The number of benzene rings is 1. The van der Waals surface area contributed by atoms with Crippen LogP contribution < -0.4 is 10.6 Å². The fourth-order valence-corrected chi connectivity index (χ4v) is 3.67. The van der Waals surface area contributed by atoms with Crippen molar-refractivity contribution in [3.05, 3.63) is 35.4 Å². The number of halogens is 1. The third-order valence-corrected chi connectivity index (χ3v) is 4.78. The van der Waals surface area contributed by atoms with Gasteiger partial charge in [-0.25, -0.2) is 0 Å². The Labute approximate surface area is 139 Å². The molecule has 2 aliphatic rings. The monoisotopic (exact) mass is 326 g/mol. The lowest BCUT2D eigenvalue weighted by Gasteiger charge is -2.33. The lowest BCUT2D eigenvalue weighted by Crippen LogP contribution is -2.50. The van der Waals surface area contributed by atoms with Gasteiger partial charge in [0.2, 0.25) is 0 Å². The number of nitrogens with one attached hydrogen (secondary N) is 2. The maximum absolute atomic E-state index is 9.21. The molecule has 1 aromatic carbocycles. The highest BCUT2D eigenvalue weighted by molar-refractivity contribution is 5.85. The van der Waals surface area contributed by atoms with Crippen molar-refractivity contribution >= 4 is 12.4 Å². The predicted molar refractivity (Wildman–Crippen MR) is 90.2 cm³/mol. The normalized spacial score (nSPS) is 28.3. The molecule has 3 unspecified atom stereocenters. The molecule has 3 atom stereocenters. The number of aliphatic hydroxyl groups is 1. The minimum atomic E-state index is 0. The molecule has 0 amide bonds. The first-order valence-corrected chi connectivity index (χ1v) is 8.10. The molecule has 2 fully saturated rings. The van der Waals surface area contributed by atoms with Gasteiger partial charge in [0.05, 0.1) is 19.8 Å². The Morgan fingerprint density at radius 3 is 2.91 bits per heavy atom. The fraction of sp³-hybridized carbons (Fsp3) is 0.647. The minimum Gasteiger partial charge on any atom is -0.392 e. The lowest BCUT2D eigenvalue weighted by molar-refractivity contribution is 0.0524. The molecule has 124 valence electrons. The standard InChI is InChI=1S/C17H26N2O2.ClH/c20-11-14-4-1-3-13(9-14)10-19-16-6-2-5-15(16)17-12-21-8-7-18-17;/h1,3-4,9,15-20H,2,5-8,10-12H2;1H. The molecule has 1 saturated carbocycles. The van der Waals surface area contributed by atoms with Crippen molar-refractivity contribution < 1.29 is 9.84 Å². The first-order valence-electron chi connectivity index (χ1n) is 8.10. The van der Waals surface area contributed by atoms with Crippen LogP contribution in [0.15, 0.2) is 24.3 Å². The van der Waals surface area contributed by atoms with Crippen LogP contribution in [0.25, 0.3) is 0 Å². The SMILES string of the molecule is Cl.OCc1cccc(CNC2CCCC2C2COCCN2)c1. The number of aliphatic hydroxyl groups excluding tert-OH is 1. The molecule has 0 bridgehead atoms. The van der Waals surface area contributed by atoms with Crippen LogP contribution >= 0.6 is 12.4 Å². The van der Waals surface area contributed by atoms with Gasteiger partial charge in [0.15, 0.2) is 0 Å². The summed E-state index contributed by atoms with van der Waals surface area (Å²) in [5, 5.41) is 16.5. The van der Waals surface area contributed by atoms with Gasteiger partial charge in [0, 0.05) is 25.2 Å². The average Bonchev–Trinajstić information content (AvgIpc) is 3.02. The maximum atomic E-state index is 9.21. The number of ether oxygens (including phenoxy) is 1. The molecule has 1 aromatic rings. The second kappa shape index (κ2) is 8.85. The summed E-state index contributed by atoms with van der Waals surface area (Å²) < 4.78 is 5.62. The van der Waals surface area contributed by atoms with E-state index < -0.39 is 0 Å². The van der Waals surface area contributed by atoms with Crippen LogP contribution in [0.4, 0.5) is 0 Å². The van der Waals surface area contributed by atoms with Gasteiger partial charge in [-0.05, 0) is 29.9 Å². The number of hydrogen-bond donors (Lipinski definition) is 3. The highest BCUT2D eigenvalue weighted by Gasteiger charge is 2.34. The van der Waals surface area contributed by atoms with E-state index in [0.717, 1.165) is 31.9 Å². The minimum absolute atomic E-state index is 0. The molecule has 5 heteroatoms. The average molecular weight is 327 g/mol. The van der Waals surface area contributed by atoms with Crippen molar-refractivity contribution in [2.45, 2.75) is 44.5 Å². The van der Waals surface area contributed by atoms with Crippen LogP contribution in [0, 0.1) is 5.92 Å². The van der Waals surface area contributed by atoms with Crippen molar-refractivity contribution in [1.82, 2.24) is 10.6 Å². The van der Waals surface area contributed by atoms with E-state index in [1.165, 1.54) is 24.8 Å². The molecular weight excluding hydrogens is 300 g/mol. The number of morpholine rings is 1. The van der Waals surface area contributed by atoms with Gasteiger partial charge in [-0.1, -0.05) is 30.7 Å². The third-order valence-electron chi connectivity index (χ3n) is 4.78. The summed E-state index contributed by atoms with van der Waals surface area (Å²) in [6, 6.07) is 9.26. The number of hydrogen-bond acceptors (Lipinski definition) is 4. The summed E-state index contributed by atoms with van der Waals surface area (Å²) in [5.74, 6) is 0.673. The molecule has 3 N–H and O–H groups in total. The van der Waals surface area contributed by atoms with E-state index in [4.69, 9.17) is 4.74 Å². The van der Waals surface area contributed by atoms with Crippen molar-refractivity contribution in [3.8, 4) is 0 Å². The Morgan fingerprint density at radius 1 is 1.27 bits per heavy atom. The summed E-state index contributed by atoms with van der Waals surface area (Å²) >= 11 is 0. The smallest absolute Gasteiger partial charge is 0.0681 e. The quantitative estimate of drug-likeness (QED) is 0.773. The highest BCUT2D eigenvalue weighted by atomic mass is 35.5. The highest BCUT2D eigenvalue weighted by Crippen LogP contribution is 2.29. The summed E-state index contributed by atoms with van der Waals surface area (Å²) in [6.07, 6.45) is 3.84. The molecule has 1 aliphatic carbocycles. The van der Waals surface area contributed by atoms with E-state index in [0.29, 0.717) is 18.0 Å². The second-order valence-corrected chi connectivity index (χ2v) is 6.20. The van der Waals surface area contributed by atoms with Crippen LogP contribution in [0.1, 0.15) is 30.4 Å². The first-order chi connectivity index (χ1) is 10.4. The van der Waals surface area contributed by atoms with Crippen LogP contribution in [0.5, 0.6) is 0 Å². The molecule has 4 nitrogen and oxygen atoms in total. The summed E-state index contributed by atoms with van der Waals surface area (Å²) in [5.41, 5.74) is 2.24. The van der Waals surface area contributed by atoms with Crippen molar-refractivity contribution in [3.63, 3.8) is 0 Å². The van der Waals surface area contributed by atoms with Gasteiger partial charge in [-0.3, -0.25) is 0 Å². The maximum Gasteiger partial charge on any atom is 0.0681 e. The Morgan fingerprint density at radius 2 is 2.14 bits per heavy atom. The van der Waals surface area contributed by atoms with E-state index in [9.17, 15) is 5.11 Å². The molecule has 0 aromatic heterocycles. The molecule has 0 radical (unpaired) electrons. The zero-order valence-corrected chi connectivity index (χ0v) is 13.8. The molecule has 3 rings (SSSR count). The summed E-state index contributed by atoms with van der Waals surface area (Å²) in [6.45, 7) is 3.66. The van der Waals surface area contributed by atoms with E-state index in [1.807, 2.05) is 12.1 Å². The van der Waals surface area contributed by atoms with Crippen LogP contribution in [-0.4, -0.2) is 36.9 Å². The Kier molecular flexibility index (Phi) is 7.12. The zero-order valence-electron chi connectivity index (χ0n) is 13.0. The van der Waals surface area contributed by atoms with Gasteiger partial charge in [0.1, 0.15) is 0 Å². The molecular formula is C17H27ClN2O2. The largest absolute Gasteiger partial charge is 0.392 e. The van der Waals surface area contributed by atoms with Crippen molar-refractivity contribution in [2.24, 2.45) is 5.92 Å². The van der Waals surface area contributed by atoms with E-state index in [-0.39, 0.29) is 19.0 Å². The van der Waals surface area contributed by atoms with Crippen LogP contribution in [0.3, 0.4) is 0 Å². The van der Waals surface area contributed by atoms with E-state index >= 15 is 0 Å². The molecule has 1 saturated heterocycles.